The molecule has 168 valence electrons. The number of hydrogen-bond donors (Lipinski definition) is 1. The maximum atomic E-state index is 13.8. The zero-order valence-corrected chi connectivity index (χ0v) is 19.4. The topological polar surface area (TPSA) is 58.6 Å². The number of ether oxygens (including phenoxy) is 1. The summed E-state index contributed by atoms with van der Waals surface area (Å²) in [6.07, 6.45) is 0.806. The number of nitrogens with one attached hydrogen (secondary N) is 1. The number of carbonyl (C=O) groups excluding carboxylic acids is 2. The molecule has 0 saturated heterocycles. The van der Waals surface area contributed by atoms with Crippen molar-refractivity contribution in [2.75, 3.05) is 12.9 Å². The summed E-state index contributed by atoms with van der Waals surface area (Å²) >= 11 is 1.34. The summed E-state index contributed by atoms with van der Waals surface area (Å²) < 4.78 is 19.1. The molecule has 2 aromatic rings. The van der Waals surface area contributed by atoms with Crippen LogP contribution in [0, 0.1) is 5.82 Å². The van der Waals surface area contributed by atoms with Crippen molar-refractivity contribution < 1.29 is 18.7 Å². The van der Waals surface area contributed by atoms with Crippen LogP contribution in [0.15, 0.2) is 48.5 Å². The molecule has 0 aromatic heterocycles. The van der Waals surface area contributed by atoms with Crippen LogP contribution >= 0.6 is 11.8 Å². The van der Waals surface area contributed by atoms with E-state index < -0.39 is 6.04 Å². The van der Waals surface area contributed by atoms with Gasteiger partial charge >= 0.3 is 0 Å². The highest BCUT2D eigenvalue weighted by molar-refractivity contribution is 7.99. The third kappa shape index (κ3) is 7.58. The molecule has 1 N–H and O–H groups in total. The van der Waals surface area contributed by atoms with E-state index in [-0.39, 0.29) is 36.0 Å². The van der Waals surface area contributed by atoms with Crippen molar-refractivity contribution in [1.82, 2.24) is 10.2 Å². The minimum Gasteiger partial charge on any atom is -0.497 e. The van der Waals surface area contributed by atoms with Gasteiger partial charge in [-0.15, -0.1) is 11.8 Å². The molecular formula is C24H31FN2O3S. The first kappa shape index (κ1) is 24.7. The lowest BCUT2D eigenvalue weighted by Gasteiger charge is -2.29. The van der Waals surface area contributed by atoms with Gasteiger partial charge in [0, 0.05) is 18.3 Å². The average Bonchev–Trinajstić information content (AvgIpc) is 2.78. The summed E-state index contributed by atoms with van der Waals surface area (Å²) in [4.78, 5) is 27.4. The molecule has 2 atom stereocenters. The zero-order chi connectivity index (χ0) is 22.8. The normalized spacial score (nSPS) is 12.7. The lowest BCUT2D eigenvalue weighted by atomic mass is 10.1. The van der Waals surface area contributed by atoms with Crippen LogP contribution < -0.4 is 10.1 Å². The molecule has 0 aliphatic rings. The van der Waals surface area contributed by atoms with Crippen LogP contribution in [0.3, 0.4) is 0 Å². The highest BCUT2D eigenvalue weighted by atomic mass is 32.2. The molecule has 0 unspecified atom stereocenters. The minimum absolute atomic E-state index is 0.0270. The maximum absolute atomic E-state index is 13.8. The van der Waals surface area contributed by atoms with E-state index in [1.54, 1.807) is 37.1 Å². The van der Waals surface area contributed by atoms with Crippen LogP contribution in [0.2, 0.25) is 0 Å². The fourth-order valence-corrected chi connectivity index (χ4v) is 3.86. The van der Waals surface area contributed by atoms with Gasteiger partial charge in [-0.1, -0.05) is 37.3 Å². The summed E-state index contributed by atoms with van der Waals surface area (Å²) in [6.45, 7) is 5.94. The van der Waals surface area contributed by atoms with E-state index in [1.807, 2.05) is 38.1 Å². The van der Waals surface area contributed by atoms with Crippen LogP contribution in [0.1, 0.15) is 38.3 Å². The predicted octanol–water partition coefficient (Wildman–Crippen LogP) is 4.40. The molecule has 0 heterocycles. The van der Waals surface area contributed by atoms with Gasteiger partial charge in [-0.05, 0) is 49.6 Å². The van der Waals surface area contributed by atoms with E-state index in [9.17, 15) is 14.0 Å². The van der Waals surface area contributed by atoms with Gasteiger partial charge in [0.1, 0.15) is 17.6 Å². The van der Waals surface area contributed by atoms with Gasteiger partial charge in [0.05, 0.1) is 12.9 Å². The predicted molar refractivity (Wildman–Crippen MR) is 123 cm³/mol. The Balaban J connectivity index is 2.11. The number of thioether (sulfide) groups is 1. The van der Waals surface area contributed by atoms with Gasteiger partial charge in [-0.2, -0.15) is 0 Å². The Morgan fingerprint density at radius 3 is 2.58 bits per heavy atom. The van der Waals surface area contributed by atoms with Gasteiger partial charge in [-0.3, -0.25) is 9.59 Å². The van der Waals surface area contributed by atoms with E-state index in [2.05, 4.69) is 5.32 Å². The quantitative estimate of drug-likeness (QED) is 0.556. The Hall–Kier alpha value is -2.54. The van der Waals surface area contributed by atoms with E-state index in [0.717, 1.165) is 12.0 Å². The summed E-state index contributed by atoms with van der Waals surface area (Å²) in [5.74, 6) is 0.589. The van der Waals surface area contributed by atoms with E-state index in [4.69, 9.17) is 4.74 Å². The minimum atomic E-state index is -0.637. The van der Waals surface area contributed by atoms with Crippen LogP contribution in [-0.2, 0) is 21.9 Å². The zero-order valence-electron chi connectivity index (χ0n) is 18.6. The second-order valence-corrected chi connectivity index (χ2v) is 8.44. The van der Waals surface area contributed by atoms with Gasteiger partial charge in [0.15, 0.2) is 0 Å². The molecule has 2 aromatic carbocycles. The second kappa shape index (κ2) is 12.3. The molecule has 0 aliphatic carbocycles. The number of nitrogens with zero attached hydrogens (tertiary/aromatic N) is 1. The Morgan fingerprint density at radius 1 is 1.16 bits per heavy atom. The van der Waals surface area contributed by atoms with Crippen LogP contribution in [0.5, 0.6) is 5.75 Å². The second-order valence-electron chi connectivity index (χ2n) is 7.45. The Labute approximate surface area is 188 Å². The van der Waals surface area contributed by atoms with Crippen molar-refractivity contribution in [3.8, 4) is 5.75 Å². The first-order valence-corrected chi connectivity index (χ1v) is 11.5. The average molecular weight is 447 g/mol. The highest BCUT2D eigenvalue weighted by Crippen LogP contribution is 2.19. The molecule has 2 amide bonds. The smallest absolute Gasteiger partial charge is 0.242 e. The number of hydrogen-bond acceptors (Lipinski definition) is 4. The molecular weight excluding hydrogens is 415 g/mol. The number of amides is 2. The first-order valence-electron chi connectivity index (χ1n) is 10.4. The number of benzene rings is 2. The van der Waals surface area contributed by atoms with Gasteiger partial charge in [0.25, 0.3) is 0 Å². The summed E-state index contributed by atoms with van der Waals surface area (Å²) in [7, 11) is 1.59. The standard InChI is InChI=1S/C24H31FN2O3S/c1-5-17(2)26-24(29)18(3)27(14-19-9-8-11-21(13-19)30-4)23(28)16-31-15-20-10-6-7-12-22(20)25/h6-13,17-18H,5,14-16H2,1-4H3,(H,26,29)/t17-,18-/m1/s1. The number of carbonyl (C=O) groups is 2. The van der Waals surface area contributed by atoms with Crippen LogP contribution in [-0.4, -0.2) is 41.7 Å². The van der Waals surface area contributed by atoms with Crippen molar-refractivity contribution in [2.45, 2.75) is 51.6 Å². The van der Waals surface area contributed by atoms with E-state index in [0.29, 0.717) is 17.1 Å². The van der Waals surface area contributed by atoms with E-state index in [1.165, 1.54) is 17.8 Å². The summed E-state index contributed by atoms with van der Waals surface area (Å²) in [5.41, 5.74) is 1.43. The number of halogens is 1. The molecule has 0 fully saturated rings. The molecule has 0 radical (unpaired) electrons. The highest BCUT2D eigenvalue weighted by Gasteiger charge is 2.26. The monoisotopic (exact) mass is 446 g/mol. The molecule has 7 heteroatoms. The number of methoxy groups -OCH3 is 1. The Bertz CT molecular complexity index is 877. The van der Waals surface area contributed by atoms with Crippen molar-refractivity contribution in [2.24, 2.45) is 0 Å². The van der Waals surface area contributed by atoms with Crippen LogP contribution in [0.25, 0.3) is 0 Å². The summed E-state index contributed by atoms with van der Waals surface area (Å²) in [5, 5.41) is 2.95. The fraction of sp³-hybridized carbons (Fsp3) is 0.417. The van der Waals surface area contributed by atoms with Gasteiger partial charge in [-0.25, -0.2) is 4.39 Å². The van der Waals surface area contributed by atoms with Crippen molar-refractivity contribution in [1.29, 1.82) is 0 Å². The third-order valence-corrected chi connectivity index (χ3v) is 6.06. The lowest BCUT2D eigenvalue weighted by molar-refractivity contribution is -0.138. The van der Waals surface area contributed by atoms with Crippen LogP contribution in [0.4, 0.5) is 4.39 Å². The molecule has 5 nitrogen and oxygen atoms in total. The van der Waals surface area contributed by atoms with E-state index >= 15 is 0 Å². The molecule has 2 rings (SSSR count). The molecule has 0 bridgehead atoms. The SMILES string of the molecule is CC[C@@H](C)NC(=O)[C@@H](C)N(Cc1cccc(OC)c1)C(=O)CSCc1ccccc1F. The Kier molecular flexibility index (Phi) is 9.85. The molecule has 0 aliphatic heterocycles. The van der Waals surface area contributed by atoms with Crippen molar-refractivity contribution in [3.63, 3.8) is 0 Å². The lowest BCUT2D eigenvalue weighted by Crippen LogP contribution is -2.50. The fourth-order valence-electron chi connectivity index (χ4n) is 2.96. The van der Waals surface area contributed by atoms with Crippen molar-refractivity contribution >= 4 is 23.6 Å². The molecule has 0 spiro atoms. The summed E-state index contributed by atoms with van der Waals surface area (Å²) in [6, 6.07) is 13.4. The third-order valence-electron chi connectivity index (χ3n) is 5.10. The largest absolute Gasteiger partial charge is 0.497 e. The molecule has 0 saturated carbocycles. The Morgan fingerprint density at radius 2 is 1.90 bits per heavy atom. The van der Waals surface area contributed by atoms with Crippen molar-refractivity contribution in [3.05, 3.63) is 65.5 Å². The maximum Gasteiger partial charge on any atom is 0.242 e. The number of rotatable bonds is 11. The van der Waals surface area contributed by atoms with Gasteiger partial charge in [0.2, 0.25) is 11.8 Å². The molecule has 31 heavy (non-hydrogen) atoms. The first-order chi connectivity index (χ1) is 14.8. The van der Waals surface area contributed by atoms with Gasteiger partial charge < -0.3 is 15.0 Å².